The van der Waals surface area contributed by atoms with Crippen LogP contribution < -0.4 is 11.3 Å². The smallest absolute Gasteiger partial charge is 0.264 e. The Kier molecular flexibility index (Phi) is 7.16. The summed E-state index contributed by atoms with van der Waals surface area (Å²) in [6, 6.07) is 49.3. The monoisotopic (exact) mass is 605 g/mol. The van der Waals surface area contributed by atoms with Crippen LogP contribution in [0.15, 0.2) is 156 Å². The van der Waals surface area contributed by atoms with Crippen LogP contribution in [0.2, 0.25) is 0 Å². The Labute approximate surface area is 272 Å². The van der Waals surface area contributed by atoms with Gasteiger partial charge in [0.05, 0.1) is 11.4 Å². The number of pyridine rings is 1. The summed E-state index contributed by atoms with van der Waals surface area (Å²) >= 11 is 0. The van der Waals surface area contributed by atoms with Gasteiger partial charge in [-0.1, -0.05) is 140 Å². The molecule has 0 amide bonds. The van der Waals surface area contributed by atoms with Crippen LogP contribution in [0.4, 0.5) is 0 Å². The summed E-state index contributed by atoms with van der Waals surface area (Å²) in [5, 5.41) is 3.53. The van der Waals surface area contributed by atoms with E-state index in [9.17, 15) is 4.79 Å². The lowest BCUT2D eigenvalue weighted by Gasteiger charge is -2.16. The third kappa shape index (κ3) is 5.16. The van der Waals surface area contributed by atoms with Crippen LogP contribution in [-0.2, 0) is 6.42 Å². The van der Waals surface area contributed by atoms with Crippen molar-refractivity contribution in [1.29, 1.82) is 0 Å². The minimum Gasteiger partial charge on any atom is -0.402 e. The fourth-order valence-corrected chi connectivity index (χ4v) is 6.60. The van der Waals surface area contributed by atoms with Gasteiger partial charge in [0.25, 0.3) is 5.56 Å². The molecule has 0 bridgehead atoms. The standard InChI is InChI=1S/C43H31N3O/c44-33(27-30-15-7-2-8-16-30)28-38-39(26-21-29-13-5-1-6-14-29)46-42(45-38)36-24-22-34(31-17-9-3-10-18-31)40-35(32-19-11-4-12-20-32)23-25-37(41(36)40)43(46)47/h1-26,28H,27,44H2/b26-21+,33-28-. The Balaban J connectivity index is 1.44. The molecule has 47 heavy (non-hydrogen) atoms. The molecule has 0 aliphatic heterocycles. The molecule has 0 fully saturated rings. The van der Waals surface area contributed by atoms with E-state index in [-0.39, 0.29) is 5.56 Å². The first kappa shape index (κ1) is 28.2. The summed E-state index contributed by atoms with van der Waals surface area (Å²) in [6.45, 7) is 0. The van der Waals surface area contributed by atoms with Gasteiger partial charge in [-0.25, -0.2) is 4.98 Å². The molecule has 0 aliphatic rings. The molecule has 8 aromatic rings. The predicted molar refractivity (Wildman–Crippen MR) is 196 cm³/mol. The Bertz CT molecular complexity index is 2440. The Morgan fingerprint density at radius 2 is 1.17 bits per heavy atom. The second kappa shape index (κ2) is 11.9. The molecule has 2 aromatic heterocycles. The molecule has 6 aromatic carbocycles. The van der Waals surface area contributed by atoms with Gasteiger partial charge >= 0.3 is 0 Å². The molecule has 2 heterocycles. The number of nitrogens with two attached hydrogens (primary N) is 1. The van der Waals surface area contributed by atoms with Crippen LogP contribution >= 0.6 is 0 Å². The summed E-state index contributed by atoms with van der Waals surface area (Å²) in [4.78, 5) is 19.8. The highest BCUT2D eigenvalue weighted by Crippen LogP contribution is 2.41. The first-order valence-corrected chi connectivity index (χ1v) is 15.8. The summed E-state index contributed by atoms with van der Waals surface area (Å²) in [5.41, 5.74) is 15.7. The summed E-state index contributed by atoms with van der Waals surface area (Å²) in [5.74, 6) is 0. The highest BCUT2D eigenvalue weighted by atomic mass is 16.1. The van der Waals surface area contributed by atoms with Crippen molar-refractivity contribution in [2.45, 2.75) is 6.42 Å². The van der Waals surface area contributed by atoms with Crippen molar-refractivity contribution >= 4 is 45.4 Å². The fourth-order valence-electron chi connectivity index (χ4n) is 6.60. The number of aromatic nitrogens is 2. The Hall–Kier alpha value is -6.26. The number of imidazole rings is 1. The lowest BCUT2D eigenvalue weighted by atomic mass is 9.88. The molecular formula is C43H31N3O. The van der Waals surface area contributed by atoms with Crippen molar-refractivity contribution in [2.24, 2.45) is 5.73 Å². The number of allylic oxidation sites excluding steroid dienone is 1. The van der Waals surface area contributed by atoms with Crippen LogP contribution in [0.25, 0.3) is 67.7 Å². The van der Waals surface area contributed by atoms with E-state index >= 15 is 0 Å². The highest BCUT2D eigenvalue weighted by molar-refractivity contribution is 6.23. The molecule has 8 rings (SSSR count). The largest absolute Gasteiger partial charge is 0.402 e. The van der Waals surface area contributed by atoms with E-state index in [0.29, 0.717) is 34.5 Å². The number of hydrogen-bond acceptors (Lipinski definition) is 3. The molecule has 4 heteroatoms. The van der Waals surface area contributed by atoms with Crippen LogP contribution in [0.5, 0.6) is 0 Å². The lowest BCUT2D eigenvalue weighted by Crippen LogP contribution is -2.15. The molecule has 0 saturated heterocycles. The van der Waals surface area contributed by atoms with E-state index in [0.717, 1.165) is 49.5 Å². The molecule has 2 N–H and O–H groups in total. The maximum absolute atomic E-state index is 14.6. The van der Waals surface area contributed by atoms with Crippen LogP contribution in [0.1, 0.15) is 22.5 Å². The van der Waals surface area contributed by atoms with Gasteiger partial charge in [-0.05, 0) is 63.1 Å². The molecule has 0 saturated carbocycles. The third-order valence-electron chi connectivity index (χ3n) is 8.75. The summed E-state index contributed by atoms with van der Waals surface area (Å²) in [7, 11) is 0. The van der Waals surface area contributed by atoms with Crippen molar-refractivity contribution in [3.8, 4) is 22.3 Å². The van der Waals surface area contributed by atoms with Gasteiger partial charge in [-0.15, -0.1) is 0 Å². The van der Waals surface area contributed by atoms with Crippen LogP contribution in [0.3, 0.4) is 0 Å². The minimum atomic E-state index is -0.108. The number of nitrogens with zero attached hydrogens (tertiary/aromatic N) is 2. The molecular weight excluding hydrogens is 574 g/mol. The van der Waals surface area contributed by atoms with E-state index < -0.39 is 0 Å². The van der Waals surface area contributed by atoms with Gasteiger partial charge in [-0.3, -0.25) is 9.20 Å². The molecule has 0 aliphatic carbocycles. The first-order valence-electron chi connectivity index (χ1n) is 15.8. The first-order chi connectivity index (χ1) is 23.2. The number of hydrogen-bond donors (Lipinski definition) is 1. The van der Waals surface area contributed by atoms with Gasteiger partial charge in [0.2, 0.25) is 0 Å². The molecule has 0 spiro atoms. The predicted octanol–water partition coefficient (Wildman–Crippen LogP) is 9.49. The molecule has 0 unspecified atom stereocenters. The second-order valence-electron chi connectivity index (χ2n) is 11.8. The zero-order valence-corrected chi connectivity index (χ0v) is 25.7. The van der Waals surface area contributed by atoms with Gasteiger partial charge in [0, 0.05) is 28.3 Å². The van der Waals surface area contributed by atoms with Crippen LogP contribution in [-0.4, -0.2) is 9.38 Å². The van der Waals surface area contributed by atoms with E-state index in [2.05, 4.69) is 78.9 Å². The van der Waals surface area contributed by atoms with E-state index in [1.807, 2.05) is 85.0 Å². The van der Waals surface area contributed by atoms with Crippen LogP contribution in [0, 0.1) is 0 Å². The van der Waals surface area contributed by atoms with Gasteiger partial charge < -0.3 is 5.73 Å². The van der Waals surface area contributed by atoms with Crippen molar-refractivity contribution in [3.63, 3.8) is 0 Å². The lowest BCUT2D eigenvalue weighted by molar-refractivity contribution is 1.12. The zero-order chi connectivity index (χ0) is 31.7. The SMILES string of the molecule is N/C(=C\c1nc2c3ccc(-c4ccccc4)c4c(-c5ccccc5)ccc(c(=O)n2c1/C=C/c1ccccc1)c43)Cc1ccccc1. The highest BCUT2D eigenvalue weighted by Gasteiger charge is 2.22. The topological polar surface area (TPSA) is 60.4 Å². The van der Waals surface area contributed by atoms with E-state index in [1.54, 1.807) is 4.40 Å². The van der Waals surface area contributed by atoms with Crippen molar-refractivity contribution in [1.82, 2.24) is 9.38 Å². The molecule has 224 valence electrons. The van der Waals surface area contributed by atoms with Crippen molar-refractivity contribution in [2.75, 3.05) is 0 Å². The second-order valence-corrected chi connectivity index (χ2v) is 11.8. The Morgan fingerprint density at radius 1 is 0.617 bits per heavy atom. The van der Waals surface area contributed by atoms with Gasteiger partial charge in [0.1, 0.15) is 5.65 Å². The van der Waals surface area contributed by atoms with E-state index in [1.165, 1.54) is 0 Å². The van der Waals surface area contributed by atoms with Gasteiger partial charge in [0.15, 0.2) is 0 Å². The number of fused-ring (bicyclic) bond motifs is 2. The number of rotatable bonds is 7. The van der Waals surface area contributed by atoms with Crippen molar-refractivity contribution < 1.29 is 0 Å². The Morgan fingerprint density at radius 3 is 1.79 bits per heavy atom. The third-order valence-corrected chi connectivity index (χ3v) is 8.75. The molecule has 0 atom stereocenters. The molecule has 0 radical (unpaired) electrons. The summed E-state index contributed by atoms with van der Waals surface area (Å²) < 4.78 is 1.75. The minimum absolute atomic E-state index is 0.108. The number of benzene rings is 6. The maximum atomic E-state index is 14.6. The van der Waals surface area contributed by atoms with Crippen molar-refractivity contribution in [3.05, 3.63) is 184 Å². The summed E-state index contributed by atoms with van der Waals surface area (Å²) in [6.07, 6.45) is 6.48. The average molecular weight is 606 g/mol. The zero-order valence-electron chi connectivity index (χ0n) is 25.7. The normalized spacial score (nSPS) is 12.1. The molecule has 4 nitrogen and oxygen atoms in total. The fraction of sp³-hybridized carbons (Fsp3) is 0.0233. The maximum Gasteiger partial charge on any atom is 0.264 e. The van der Waals surface area contributed by atoms with E-state index in [4.69, 9.17) is 10.7 Å². The quantitative estimate of drug-likeness (QED) is 0.197. The average Bonchev–Trinajstić information content (AvgIpc) is 3.48. The van der Waals surface area contributed by atoms with Gasteiger partial charge in [-0.2, -0.15) is 0 Å².